The van der Waals surface area contributed by atoms with Crippen LogP contribution in [0.3, 0.4) is 0 Å². The lowest BCUT2D eigenvalue weighted by Crippen LogP contribution is -2.04. The van der Waals surface area contributed by atoms with Crippen molar-refractivity contribution in [2.75, 3.05) is 5.73 Å². The minimum absolute atomic E-state index is 0.128. The summed E-state index contributed by atoms with van der Waals surface area (Å²) in [6, 6.07) is 5.40. The van der Waals surface area contributed by atoms with E-state index in [1.165, 1.54) is 6.20 Å². The highest BCUT2D eigenvalue weighted by Crippen LogP contribution is 2.24. The second-order valence-electron chi connectivity index (χ2n) is 3.36. The van der Waals surface area contributed by atoms with Crippen LogP contribution in [0.1, 0.15) is 15.9 Å². The largest absolute Gasteiger partial charge is 0.478 e. The van der Waals surface area contributed by atoms with Crippen LogP contribution in [0.2, 0.25) is 0 Å². The van der Waals surface area contributed by atoms with Crippen LogP contribution in [-0.2, 0) is 0 Å². The summed E-state index contributed by atoms with van der Waals surface area (Å²) in [5.74, 6) is -1.02. The van der Waals surface area contributed by atoms with Crippen LogP contribution in [0.4, 0.5) is 5.69 Å². The fourth-order valence-electron chi connectivity index (χ4n) is 1.62. The molecule has 0 aliphatic heterocycles. The lowest BCUT2D eigenvalue weighted by atomic mass is 10.0. The second kappa shape index (κ2) is 3.24. The maximum Gasteiger partial charge on any atom is 0.338 e. The number of aromatic carboxylic acids is 1. The fourth-order valence-corrected chi connectivity index (χ4v) is 1.62. The lowest BCUT2D eigenvalue weighted by molar-refractivity contribution is 0.0700. The first-order valence-corrected chi connectivity index (χ1v) is 4.48. The number of rotatable bonds is 1. The number of pyridine rings is 1. The number of anilines is 1. The molecule has 0 aliphatic rings. The Hall–Kier alpha value is -2.10. The Labute approximate surface area is 86.4 Å². The average Bonchev–Trinajstić information content (AvgIpc) is 2.17. The molecule has 4 heteroatoms. The molecule has 15 heavy (non-hydrogen) atoms. The van der Waals surface area contributed by atoms with Crippen molar-refractivity contribution >= 4 is 22.6 Å². The maximum atomic E-state index is 11.0. The number of para-hydroxylation sites is 1. The van der Waals surface area contributed by atoms with E-state index in [0.29, 0.717) is 10.9 Å². The smallest absolute Gasteiger partial charge is 0.338 e. The van der Waals surface area contributed by atoms with Gasteiger partial charge in [-0.25, -0.2) is 4.79 Å². The molecule has 0 bridgehead atoms. The lowest BCUT2D eigenvalue weighted by Gasteiger charge is -2.06. The van der Waals surface area contributed by atoms with Gasteiger partial charge in [0.05, 0.1) is 23.0 Å². The molecule has 1 aromatic heterocycles. The number of aromatic nitrogens is 1. The molecule has 0 fully saturated rings. The number of nitrogens with zero attached hydrogens (tertiary/aromatic N) is 1. The van der Waals surface area contributed by atoms with Gasteiger partial charge in [0, 0.05) is 5.39 Å². The van der Waals surface area contributed by atoms with Crippen LogP contribution < -0.4 is 5.73 Å². The number of carbonyl (C=O) groups is 1. The molecule has 4 nitrogen and oxygen atoms in total. The molecule has 3 N–H and O–H groups in total. The highest BCUT2D eigenvalue weighted by Gasteiger charge is 2.13. The molecular weight excluding hydrogens is 192 g/mol. The monoisotopic (exact) mass is 202 g/mol. The summed E-state index contributed by atoms with van der Waals surface area (Å²) < 4.78 is 0. The average molecular weight is 202 g/mol. The van der Waals surface area contributed by atoms with E-state index in [2.05, 4.69) is 4.98 Å². The molecule has 2 aromatic rings. The number of nitrogen functional groups attached to an aromatic ring is 1. The fraction of sp³-hybridized carbons (Fsp3) is 0.0909. The molecule has 76 valence electrons. The van der Waals surface area contributed by atoms with Gasteiger partial charge in [0.15, 0.2) is 0 Å². The molecule has 0 saturated carbocycles. The molecule has 1 aromatic carbocycles. The number of aryl methyl sites for hydroxylation is 1. The van der Waals surface area contributed by atoms with Crippen LogP contribution >= 0.6 is 0 Å². The van der Waals surface area contributed by atoms with Gasteiger partial charge in [0.2, 0.25) is 0 Å². The Morgan fingerprint density at radius 3 is 2.87 bits per heavy atom. The number of benzene rings is 1. The predicted molar refractivity (Wildman–Crippen MR) is 57.9 cm³/mol. The van der Waals surface area contributed by atoms with E-state index < -0.39 is 5.97 Å². The summed E-state index contributed by atoms with van der Waals surface area (Å²) in [6.45, 7) is 1.89. The van der Waals surface area contributed by atoms with Gasteiger partial charge in [-0.15, -0.1) is 0 Å². The summed E-state index contributed by atoms with van der Waals surface area (Å²) in [4.78, 5) is 15.2. The number of carboxylic acid groups (broad SMARTS) is 1. The molecule has 0 unspecified atom stereocenters. The normalized spacial score (nSPS) is 10.5. The number of hydrogen-bond donors (Lipinski definition) is 2. The second-order valence-corrected chi connectivity index (χ2v) is 3.36. The topological polar surface area (TPSA) is 76.2 Å². The van der Waals surface area contributed by atoms with Crippen molar-refractivity contribution in [1.29, 1.82) is 0 Å². The summed E-state index contributed by atoms with van der Waals surface area (Å²) >= 11 is 0. The van der Waals surface area contributed by atoms with Gasteiger partial charge in [-0.1, -0.05) is 18.2 Å². The molecule has 1 heterocycles. The minimum Gasteiger partial charge on any atom is -0.478 e. The first kappa shape index (κ1) is 9.45. The Morgan fingerprint density at radius 2 is 2.20 bits per heavy atom. The van der Waals surface area contributed by atoms with Crippen molar-refractivity contribution in [2.45, 2.75) is 6.92 Å². The van der Waals surface area contributed by atoms with Crippen molar-refractivity contribution in [3.63, 3.8) is 0 Å². The van der Waals surface area contributed by atoms with Gasteiger partial charge in [-0.2, -0.15) is 0 Å². The number of carboxylic acids is 1. The van der Waals surface area contributed by atoms with Gasteiger partial charge in [-0.05, 0) is 12.5 Å². The van der Waals surface area contributed by atoms with E-state index >= 15 is 0 Å². The van der Waals surface area contributed by atoms with E-state index in [0.717, 1.165) is 5.56 Å². The predicted octanol–water partition coefficient (Wildman–Crippen LogP) is 1.82. The van der Waals surface area contributed by atoms with Crippen molar-refractivity contribution in [3.05, 3.63) is 35.5 Å². The van der Waals surface area contributed by atoms with Crippen molar-refractivity contribution < 1.29 is 9.90 Å². The molecule has 0 atom stereocenters. The maximum absolute atomic E-state index is 11.0. The molecule has 2 rings (SSSR count). The molecule has 0 spiro atoms. The van der Waals surface area contributed by atoms with Crippen LogP contribution in [0.25, 0.3) is 10.9 Å². The highest BCUT2D eigenvalue weighted by atomic mass is 16.4. The van der Waals surface area contributed by atoms with E-state index in [1.54, 1.807) is 12.1 Å². The Bertz CT molecular complexity index is 550. The van der Waals surface area contributed by atoms with Gasteiger partial charge in [0.25, 0.3) is 0 Å². The first-order chi connectivity index (χ1) is 7.11. The van der Waals surface area contributed by atoms with E-state index in [-0.39, 0.29) is 11.3 Å². The van der Waals surface area contributed by atoms with Gasteiger partial charge < -0.3 is 10.8 Å². The summed E-state index contributed by atoms with van der Waals surface area (Å²) in [6.07, 6.45) is 1.39. The van der Waals surface area contributed by atoms with E-state index in [4.69, 9.17) is 10.8 Å². The molecular formula is C11H10N2O2. The van der Waals surface area contributed by atoms with Crippen LogP contribution in [0.15, 0.2) is 24.4 Å². The standard InChI is InChI=1S/C11H10N2O2/c1-6-3-2-4-7-9(11(14)15)8(12)5-13-10(6)7/h2-5H,12H2,1H3,(H,14,15). The van der Waals surface area contributed by atoms with Crippen LogP contribution in [0.5, 0.6) is 0 Å². The van der Waals surface area contributed by atoms with Gasteiger partial charge >= 0.3 is 5.97 Å². The summed E-state index contributed by atoms with van der Waals surface area (Å²) in [5, 5.41) is 9.63. The molecule has 0 amide bonds. The summed E-state index contributed by atoms with van der Waals surface area (Å²) in [5.41, 5.74) is 7.54. The highest BCUT2D eigenvalue weighted by molar-refractivity contribution is 6.07. The minimum atomic E-state index is -1.02. The van der Waals surface area contributed by atoms with Gasteiger partial charge in [-0.3, -0.25) is 4.98 Å². The molecule has 0 saturated heterocycles. The third-order valence-corrected chi connectivity index (χ3v) is 2.34. The van der Waals surface area contributed by atoms with Crippen LogP contribution in [0, 0.1) is 6.92 Å². The van der Waals surface area contributed by atoms with Crippen LogP contribution in [-0.4, -0.2) is 16.1 Å². The van der Waals surface area contributed by atoms with Crippen molar-refractivity contribution in [2.24, 2.45) is 0 Å². The van der Waals surface area contributed by atoms with Gasteiger partial charge in [0.1, 0.15) is 0 Å². The quantitative estimate of drug-likeness (QED) is 0.739. The number of fused-ring (bicyclic) bond motifs is 1. The zero-order chi connectivity index (χ0) is 11.0. The Kier molecular flexibility index (Phi) is 2.04. The number of nitrogens with two attached hydrogens (primary N) is 1. The summed E-state index contributed by atoms with van der Waals surface area (Å²) in [7, 11) is 0. The SMILES string of the molecule is Cc1cccc2c(C(=O)O)c(N)cnc12. The first-order valence-electron chi connectivity index (χ1n) is 4.48. The van der Waals surface area contributed by atoms with Crippen molar-refractivity contribution in [3.8, 4) is 0 Å². The Morgan fingerprint density at radius 1 is 1.47 bits per heavy atom. The van der Waals surface area contributed by atoms with Crippen molar-refractivity contribution in [1.82, 2.24) is 4.98 Å². The van der Waals surface area contributed by atoms with E-state index in [1.807, 2.05) is 13.0 Å². The molecule has 0 aliphatic carbocycles. The molecule has 0 radical (unpaired) electrons. The third-order valence-electron chi connectivity index (χ3n) is 2.34. The zero-order valence-corrected chi connectivity index (χ0v) is 8.19. The Balaban J connectivity index is 2.94. The zero-order valence-electron chi connectivity index (χ0n) is 8.19. The number of hydrogen-bond acceptors (Lipinski definition) is 3. The van der Waals surface area contributed by atoms with E-state index in [9.17, 15) is 4.79 Å². The third kappa shape index (κ3) is 1.40.